The molecule has 0 bridgehead atoms. The molecule has 2 N–H and O–H groups in total. The first-order valence-corrected chi connectivity index (χ1v) is 6.71. The highest BCUT2D eigenvalue weighted by atomic mass is 35.5. The van der Waals surface area contributed by atoms with Crippen LogP contribution in [0.15, 0.2) is 0 Å². The molecule has 0 aromatic carbocycles. The molecule has 0 aromatic rings. The normalized spacial score (nSPS) is 22.3. The van der Waals surface area contributed by atoms with Gasteiger partial charge in [0.05, 0.1) is 0 Å². The third-order valence-electron chi connectivity index (χ3n) is 3.47. The van der Waals surface area contributed by atoms with E-state index in [-0.39, 0.29) is 30.3 Å². The minimum atomic E-state index is 0. The van der Waals surface area contributed by atoms with E-state index in [1.807, 2.05) is 0 Å². The van der Waals surface area contributed by atoms with E-state index in [0.717, 1.165) is 19.5 Å². The smallest absolute Gasteiger partial charge is 0.222 e. The van der Waals surface area contributed by atoms with Crippen LogP contribution in [0.4, 0.5) is 0 Å². The number of hydrogen-bond acceptors (Lipinski definition) is 3. The number of piperidine rings is 1. The van der Waals surface area contributed by atoms with E-state index < -0.39 is 0 Å². The molecule has 6 heteroatoms. The van der Waals surface area contributed by atoms with Crippen LogP contribution in [0.1, 0.15) is 32.6 Å². The van der Waals surface area contributed by atoms with Crippen molar-refractivity contribution in [3.63, 3.8) is 0 Å². The second-order valence-electron chi connectivity index (χ2n) is 5.29. The topological polar surface area (TPSA) is 61.4 Å². The zero-order chi connectivity index (χ0) is 13.5. The van der Waals surface area contributed by atoms with E-state index in [1.165, 1.54) is 0 Å². The van der Waals surface area contributed by atoms with Crippen molar-refractivity contribution >= 4 is 24.2 Å². The van der Waals surface area contributed by atoms with E-state index in [0.29, 0.717) is 25.2 Å². The van der Waals surface area contributed by atoms with Crippen molar-refractivity contribution in [1.29, 1.82) is 0 Å². The molecule has 0 aliphatic carbocycles. The molecule has 112 valence electrons. The van der Waals surface area contributed by atoms with E-state index in [4.69, 9.17) is 0 Å². The summed E-state index contributed by atoms with van der Waals surface area (Å²) in [5.74, 6) is 0.663. The molecule has 5 nitrogen and oxygen atoms in total. The fraction of sp³-hybridized carbons (Fsp3) is 0.846. The maximum Gasteiger partial charge on any atom is 0.222 e. The SMILES string of the molecule is CC1CCNCC1NC(=O)CCCC(=O)N(C)C.Cl. The van der Waals surface area contributed by atoms with Crippen LogP contribution in [0.3, 0.4) is 0 Å². The number of halogens is 1. The molecule has 1 aliphatic rings. The first-order valence-electron chi connectivity index (χ1n) is 6.71. The van der Waals surface area contributed by atoms with Crippen molar-refractivity contribution in [3.05, 3.63) is 0 Å². The molecule has 1 fully saturated rings. The van der Waals surface area contributed by atoms with Crippen LogP contribution in [0, 0.1) is 5.92 Å². The number of nitrogens with zero attached hydrogens (tertiary/aromatic N) is 1. The van der Waals surface area contributed by atoms with E-state index >= 15 is 0 Å². The summed E-state index contributed by atoms with van der Waals surface area (Å²) in [6.07, 6.45) is 2.60. The minimum Gasteiger partial charge on any atom is -0.352 e. The van der Waals surface area contributed by atoms with E-state index in [2.05, 4.69) is 17.6 Å². The zero-order valence-electron chi connectivity index (χ0n) is 12.1. The molecule has 2 atom stereocenters. The van der Waals surface area contributed by atoms with Gasteiger partial charge in [-0.2, -0.15) is 0 Å². The summed E-state index contributed by atoms with van der Waals surface area (Å²) in [5.41, 5.74) is 0. The molecule has 1 heterocycles. The zero-order valence-corrected chi connectivity index (χ0v) is 12.9. The van der Waals surface area contributed by atoms with E-state index in [1.54, 1.807) is 19.0 Å². The Morgan fingerprint density at radius 3 is 2.58 bits per heavy atom. The van der Waals surface area contributed by atoms with Crippen molar-refractivity contribution in [3.8, 4) is 0 Å². The van der Waals surface area contributed by atoms with Gasteiger partial charge in [-0.3, -0.25) is 9.59 Å². The molecule has 0 radical (unpaired) electrons. The van der Waals surface area contributed by atoms with Crippen LogP contribution < -0.4 is 10.6 Å². The summed E-state index contributed by atoms with van der Waals surface area (Å²) < 4.78 is 0. The first kappa shape index (κ1) is 18.2. The third-order valence-corrected chi connectivity index (χ3v) is 3.47. The summed E-state index contributed by atoms with van der Waals surface area (Å²) in [4.78, 5) is 24.7. The molecule has 1 aliphatic heterocycles. The number of nitrogens with one attached hydrogen (secondary N) is 2. The number of hydrogen-bond donors (Lipinski definition) is 2. The quantitative estimate of drug-likeness (QED) is 0.787. The molecule has 0 saturated carbocycles. The summed E-state index contributed by atoms with van der Waals surface area (Å²) in [5, 5.41) is 6.33. The Hall–Kier alpha value is -0.810. The van der Waals surface area contributed by atoms with Crippen LogP contribution in [-0.4, -0.2) is 49.9 Å². The lowest BCUT2D eigenvalue weighted by atomic mass is 9.94. The van der Waals surface area contributed by atoms with Crippen LogP contribution in [0.25, 0.3) is 0 Å². The number of rotatable bonds is 5. The van der Waals surface area contributed by atoms with Gasteiger partial charge in [0.25, 0.3) is 0 Å². The van der Waals surface area contributed by atoms with Crippen molar-refractivity contribution in [2.24, 2.45) is 5.92 Å². The Labute approximate surface area is 121 Å². The lowest BCUT2D eigenvalue weighted by Gasteiger charge is -2.30. The summed E-state index contributed by atoms with van der Waals surface area (Å²) in [7, 11) is 3.47. The number of carbonyl (C=O) groups is 2. The van der Waals surface area contributed by atoms with Gasteiger partial charge in [-0.1, -0.05) is 6.92 Å². The maximum absolute atomic E-state index is 11.7. The molecule has 1 saturated heterocycles. The molecule has 0 aromatic heterocycles. The molecule has 2 unspecified atom stereocenters. The Balaban J connectivity index is 0.00000324. The molecule has 0 spiro atoms. The predicted molar refractivity (Wildman–Crippen MR) is 78.4 cm³/mol. The van der Waals surface area contributed by atoms with Gasteiger partial charge in [-0.15, -0.1) is 12.4 Å². The standard InChI is InChI=1S/C13H25N3O2.ClH/c1-10-7-8-14-9-11(10)15-12(17)5-4-6-13(18)16(2)3;/h10-11,14H,4-9H2,1-3H3,(H,15,17);1H. The monoisotopic (exact) mass is 291 g/mol. The second-order valence-corrected chi connectivity index (χ2v) is 5.29. The van der Waals surface area contributed by atoms with Gasteiger partial charge < -0.3 is 15.5 Å². The molecular weight excluding hydrogens is 266 g/mol. The largest absolute Gasteiger partial charge is 0.352 e. The highest BCUT2D eigenvalue weighted by Crippen LogP contribution is 2.11. The molecular formula is C13H26ClN3O2. The van der Waals surface area contributed by atoms with E-state index in [9.17, 15) is 9.59 Å². The van der Waals surface area contributed by atoms with Crippen LogP contribution >= 0.6 is 12.4 Å². The molecule has 2 amide bonds. The Kier molecular flexibility index (Phi) is 8.76. The maximum atomic E-state index is 11.7. The van der Waals surface area contributed by atoms with Gasteiger partial charge in [0.15, 0.2) is 0 Å². The van der Waals surface area contributed by atoms with Crippen molar-refractivity contribution in [2.75, 3.05) is 27.2 Å². The first-order chi connectivity index (χ1) is 8.50. The van der Waals surface area contributed by atoms with Gasteiger partial charge in [0, 0.05) is 39.5 Å². The van der Waals surface area contributed by atoms with Gasteiger partial charge in [-0.25, -0.2) is 0 Å². The summed E-state index contributed by atoms with van der Waals surface area (Å²) in [6, 6.07) is 0.232. The molecule has 19 heavy (non-hydrogen) atoms. The molecule has 1 rings (SSSR count). The lowest BCUT2D eigenvalue weighted by Crippen LogP contribution is -2.50. The summed E-state index contributed by atoms with van der Waals surface area (Å²) >= 11 is 0. The second kappa shape index (κ2) is 9.15. The van der Waals surface area contributed by atoms with Gasteiger partial charge in [-0.05, 0) is 25.3 Å². The van der Waals surface area contributed by atoms with Gasteiger partial charge in [0.2, 0.25) is 11.8 Å². The van der Waals surface area contributed by atoms with Crippen LogP contribution in [0.5, 0.6) is 0 Å². The van der Waals surface area contributed by atoms with Crippen molar-refractivity contribution in [1.82, 2.24) is 15.5 Å². The lowest BCUT2D eigenvalue weighted by molar-refractivity contribution is -0.129. The highest BCUT2D eigenvalue weighted by Gasteiger charge is 2.22. The van der Waals surface area contributed by atoms with Crippen molar-refractivity contribution in [2.45, 2.75) is 38.6 Å². The van der Waals surface area contributed by atoms with Gasteiger partial charge >= 0.3 is 0 Å². The summed E-state index contributed by atoms with van der Waals surface area (Å²) in [6.45, 7) is 4.05. The Morgan fingerprint density at radius 2 is 2.00 bits per heavy atom. The average molecular weight is 292 g/mol. The highest BCUT2D eigenvalue weighted by molar-refractivity contribution is 5.85. The number of amides is 2. The third kappa shape index (κ3) is 6.78. The minimum absolute atomic E-state index is 0. The van der Waals surface area contributed by atoms with Gasteiger partial charge in [0.1, 0.15) is 0 Å². The van der Waals surface area contributed by atoms with Crippen molar-refractivity contribution < 1.29 is 9.59 Å². The average Bonchev–Trinajstić information content (AvgIpc) is 2.32. The fourth-order valence-electron chi connectivity index (χ4n) is 2.09. The Bertz CT molecular complexity index is 298. The fourth-order valence-corrected chi connectivity index (χ4v) is 2.09. The van der Waals surface area contributed by atoms with Crippen LogP contribution in [-0.2, 0) is 9.59 Å². The number of carbonyl (C=O) groups excluding carboxylic acids is 2. The Morgan fingerprint density at radius 1 is 1.32 bits per heavy atom. The van der Waals surface area contributed by atoms with Crippen LogP contribution in [0.2, 0.25) is 0 Å². The predicted octanol–water partition coefficient (Wildman–Crippen LogP) is 0.781.